The summed E-state index contributed by atoms with van der Waals surface area (Å²) in [6, 6.07) is 1.98. The van der Waals surface area contributed by atoms with Crippen molar-refractivity contribution in [3.63, 3.8) is 0 Å². The third-order valence-electron chi connectivity index (χ3n) is 2.19. The Kier molecular flexibility index (Phi) is 5.16. The van der Waals surface area contributed by atoms with Crippen molar-refractivity contribution in [2.75, 3.05) is 11.5 Å². The van der Waals surface area contributed by atoms with E-state index < -0.39 is 47.0 Å². The highest BCUT2D eigenvalue weighted by molar-refractivity contribution is 9.10. The minimum absolute atomic E-state index is 0.292. The molecule has 0 atom stereocenters. The molecule has 0 saturated heterocycles. The fourth-order valence-electron chi connectivity index (χ4n) is 1.25. The molecule has 0 aliphatic heterocycles. The van der Waals surface area contributed by atoms with Gasteiger partial charge in [0, 0.05) is 15.2 Å². The van der Waals surface area contributed by atoms with Crippen LogP contribution in [0.5, 0.6) is 0 Å². The van der Waals surface area contributed by atoms with E-state index in [-0.39, 0.29) is 4.47 Å². The van der Waals surface area contributed by atoms with Gasteiger partial charge in [-0.05, 0) is 34.1 Å². The number of halogens is 5. The summed E-state index contributed by atoms with van der Waals surface area (Å²) >= 11 is 2.73. The van der Waals surface area contributed by atoms with Crippen LogP contribution in [0.4, 0.5) is 13.2 Å². The number of hydrogen-bond donors (Lipinski definition) is 0. The molecule has 0 unspecified atom stereocenters. The molecule has 0 radical (unpaired) electrons. The quantitative estimate of drug-likeness (QED) is 0.709. The molecule has 0 amide bonds. The van der Waals surface area contributed by atoms with Crippen LogP contribution in [-0.2, 0) is 25.1 Å². The van der Waals surface area contributed by atoms with Crippen LogP contribution < -0.4 is 0 Å². The zero-order chi connectivity index (χ0) is 15.8. The normalized spacial score (nSPS) is 13.4. The van der Waals surface area contributed by atoms with Crippen molar-refractivity contribution in [2.24, 2.45) is 0 Å². The van der Waals surface area contributed by atoms with Crippen LogP contribution in [0.25, 0.3) is 0 Å². The molecule has 0 fully saturated rings. The van der Waals surface area contributed by atoms with Gasteiger partial charge in [0.05, 0.1) is 22.0 Å². The second-order valence-corrected chi connectivity index (χ2v) is 9.53. The van der Waals surface area contributed by atoms with E-state index in [1.54, 1.807) is 0 Å². The highest BCUT2D eigenvalue weighted by Gasteiger charge is 2.32. The third-order valence-corrected chi connectivity index (χ3v) is 6.29. The highest BCUT2D eigenvalue weighted by Crippen LogP contribution is 2.33. The highest BCUT2D eigenvalue weighted by atomic mass is 79.9. The van der Waals surface area contributed by atoms with Gasteiger partial charge in [-0.3, -0.25) is 0 Å². The average Bonchev–Trinajstić information content (AvgIpc) is 2.24. The van der Waals surface area contributed by atoms with Gasteiger partial charge in [-0.1, -0.05) is 0 Å². The first-order valence-electron chi connectivity index (χ1n) is 4.85. The van der Waals surface area contributed by atoms with Crippen molar-refractivity contribution >= 4 is 45.5 Å². The minimum Gasteiger partial charge on any atom is -0.224 e. The van der Waals surface area contributed by atoms with Crippen LogP contribution in [-0.4, -0.2) is 28.3 Å². The van der Waals surface area contributed by atoms with Gasteiger partial charge in [0.2, 0.25) is 9.05 Å². The molecule has 0 bridgehead atoms. The Morgan fingerprint density at radius 3 is 2.05 bits per heavy atom. The first-order valence-corrected chi connectivity index (χ1v) is 9.77. The lowest BCUT2D eigenvalue weighted by Crippen LogP contribution is -2.15. The Labute approximate surface area is 126 Å². The van der Waals surface area contributed by atoms with Crippen molar-refractivity contribution in [3.8, 4) is 0 Å². The van der Waals surface area contributed by atoms with Crippen LogP contribution in [0.15, 0.2) is 27.6 Å². The number of sulfone groups is 1. The van der Waals surface area contributed by atoms with E-state index in [4.69, 9.17) is 10.7 Å². The summed E-state index contributed by atoms with van der Waals surface area (Å²) in [7, 11) is -3.18. The van der Waals surface area contributed by atoms with Crippen LogP contribution in [0.2, 0.25) is 0 Å². The largest absolute Gasteiger partial charge is 0.416 e. The summed E-state index contributed by atoms with van der Waals surface area (Å²) in [4.78, 5) is -0.425. The van der Waals surface area contributed by atoms with Gasteiger partial charge in [-0.25, -0.2) is 16.8 Å². The first-order chi connectivity index (χ1) is 8.83. The number of alkyl halides is 3. The van der Waals surface area contributed by atoms with E-state index in [2.05, 4.69) is 15.9 Å². The summed E-state index contributed by atoms with van der Waals surface area (Å²) in [6.07, 6.45) is -4.61. The topological polar surface area (TPSA) is 68.3 Å². The number of rotatable bonds is 4. The van der Waals surface area contributed by atoms with Gasteiger partial charge in [0.15, 0.2) is 9.84 Å². The van der Waals surface area contributed by atoms with Crippen molar-refractivity contribution in [2.45, 2.75) is 11.1 Å². The second kappa shape index (κ2) is 5.82. The Bertz CT molecular complexity index is 713. The summed E-state index contributed by atoms with van der Waals surface area (Å²) in [5, 5.41) is 0. The van der Waals surface area contributed by atoms with E-state index >= 15 is 0 Å². The van der Waals surface area contributed by atoms with Crippen molar-refractivity contribution in [1.29, 1.82) is 0 Å². The number of benzene rings is 1. The molecule has 1 aromatic carbocycles. The fraction of sp³-hybridized carbons (Fsp3) is 0.333. The molecule has 20 heavy (non-hydrogen) atoms. The minimum atomic E-state index is -4.61. The maximum Gasteiger partial charge on any atom is 0.416 e. The Morgan fingerprint density at radius 1 is 1.10 bits per heavy atom. The lowest BCUT2D eigenvalue weighted by Gasteiger charge is -2.10. The molecule has 1 aromatic rings. The van der Waals surface area contributed by atoms with Gasteiger partial charge in [0.25, 0.3) is 0 Å². The molecule has 1 rings (SSSR count). The van der Waals surface area contributed by atoms with Gasteiger partial charge in [-0.2, -0.15) is 13.2 Å². The van der Waals surface area contributed by atoms with Gasteiger partial charge in [0.1, 0.15) is 0 Å². The number of hydrogen-bond acceptors (Lipinski definition) is 4. The zero-order valence-electron chi connectivity index (χ0n) is 9.49. The molecule has 0 spiro atoms. The molecule has 11 heteroatoms. The smallest absolute Gasteiger partial charge is 0.224 e. The van der Waals surface area contributed by atoms with Crippen LogP contribution in [0, 0.1) is 0 Å². The van der Waals surface area contributed by atoms with Crippen molar-refractivity contribution < 1.29 is 30.0 Å². The van der Waals surface area contributed by atoms with Gasteiger partial charge < -0.3 is 0 Å². The Balaban J connectivity index is 3.15. The Morgan fingerprint density at radius 2 is 1.65 bits per heavy atom. The predicted molar refractivity (Wildman–Crippen MR) is 70.8 cm³/mol. The van der Waals surface area contributed by atoms with Crippen molar-refractivity contribution in [1.82, 2.24) is 0 Å². The van der Waals surface area contributed by atoms with Crippen molar-refractivity contribution in [3.05, 3.63) is 28.2 Å². The molecule has 4 nitrogen and oxygen atoms in total. The summed E-state index contributed by atoms with van der Waals surface area (Å²) in [6.45, 7) is 0. The fourth-order valence-corrected chi connectivity index (χ4v) is 5.46. The van der Waals surface area contributed by atoms with Gasteiger partial charge in [-0.15, -0.1) is 0 Å². The van der Waals surface area contributed by atoms with Crippen LogP contribution >= 0.6 is 26.6 Å². The lowest BCUT2D eigenvalue weighted by molar-refractivity contribution is -0.137. The molecular formula is C9H7BrClF3O4S2. The van der Waals surface area contributed by atoms with E-state index in [9.17, 15) is 30.0 Å². The summed E-state index contributed by atoms with van der Waals surface area (Å²) < 4.78 is 82.1. The van der Waals surface area contributed by atoms with Crippen LogP contribution in [0.1, 0.15) is 5.56 Å². The molecule has 0 saturated carbocycles. The second-order valence-electron chi connectivity index (χ2n) is 3.70. The monoisotopic (exact) mass is 414 g/mol. The molecule has 0 aliphatic rings. The molecular weight excluding hydrogens is 409 g/mol. The lowest BCUT2D eigenvalue weighted by atomic mass is 10.2. The van der Waals surface area contributed by atoms with Gasteiger partial charge >= 0.3 is 6.18 Å². The molecule has 0 aliphatic carbocycles. The molecule has 0 aromatic heterocycles. The Hall–Kier alpha value is -0.320. The standard InChI is InChI=1S/C9H7BrClF3O4S2/c10-7-5-6(9(12,13)14)1-2-8(7)19(15,16)3-4-20(11,17)18/h1-2,5H,3-4H2. The SMILES string of the molecule is O=S(=O)(Cl)CCS(=O)(=O)c1ccc(C(F)(F)F)cc1Br. The summed E-state index contributed by atoms with van der Waals surface area (Å²) in [5.41, 5.74) is -1.02. The zero-order valence-corrected chi connectivity index (χ0v) is 13.5. The van der Waals surface area contributed by atoms with Crippen LogP contribution in [0.3, 0.4) is 0 Å². The van der Waals surface area contributed by atoms with E-state index in [0.29, 0.717) is 12.1 Å². The van der Waals surface area contributed by atoms with E-state index in [1.807, 2.05) is 0 Å². The van der Waals surface area contributed by atoms with E-state index in [1.165, 1.54) is 0 Å². The maximum atomic E-state index is 12.4. The first kappa shape index (κ1) is 17.7. The van der Waals surface area contributed by atoms with E-state index in [0.717, 1.165) is 6.07 Å². The predicted octanol–water partition coefficient (Wildman–Crippen LogP) is 2.81. The maximum absolute atomic E-state index is 12.4. The summed E-state index contributed by atoms with van der Waals surface area (Å²) in [5.74, 6) is -1.65. The molecule has 0 heterocycles. The molecule has 0 N–H and O–H groups in total. The average molecular weight is 416 g/mol. The molecule has 114 valence electrons. The third kappa shape index (κ3) is 4.90.